The van der Waals surface area contributed by atoms with E-state index < -0.39 is 0 Å². The lowest BCUT2D eigenvalue weighted by Crippen LogP contribution is -2.25. The van der Waals surface area contributed by atoms with Gasteiger partial charge in [-0.25, -0.2) is 0 Å². The molecule has 0 aromatic heterocycles. The van der Waals surface area contributed by atoms with Gasteiger partial charge in [0.05, 0.1) is 0 Å². The van der Waals surface area contributed by atoms with E-state index in [1.54, 1.807) is 0 Å². The van der Waals surface area contributed by atoms with Crippen molar-refractivity contribution < 1.29 is 0 Å². The van der Waals surface area contributed by atoms with Gasteiger partial charge >= 0.3 is 0 Å². The summed E-state index contributed by atoms with van der Waals surface area (Å²) in [6.45, 7) is 4.54. The van der Waals surface area contributed by atoms with Crippen LogP contribution in [-0.2, 0) is 0 Å². The van der Waals surface area contributed by atoms with Crippen molar-refractivity contribution in [3.05, 3.63) is 0 Å². The maximum absolute atomic E-state index is 4.22. The van der Waals surface area contributed by atoms with Gasteiger partial charge in [-0.3, -0.25) is 0 Å². The SMILES string of the molecule is CNC(CCS)CCC(C)C. The fraction of sp³-hybridized carbons (Fsp3) is 1.00. The van der Waals surface area contributed by atoms with Crippen LogP contribution in [0.25, 0.3) is 0 Å². The number of hydrogen-bond acceptors (Lipinski definition) is 2. The predicted molar refractivity (Wildman–Crippen MR) is 55.4 cm³/mol. The van der Waals surface area contributed by atoms with Gasteiger partial charge in [0, 0.05) is 6.04 Å². The molecule has 68 valence electrons. The zero-order valence-corrected chi connectivity index (χ0v) is 8.82. The van der Waals surface area contributed by atoms with Crippen molar-refractivity contribution in [3.63, 3.8) is 0 Å². The normalized spacial score (nSPS) is 13.9. The molecule has 1 nitrogen and oxygen atoms in total. The van der Waals surface area contributed by atoms with Gasteiger partial charge in [-0.1, -0.05) is 13.8 Å². The van der Waals surface area contributed by atoms with Gasteiger partial charge in [0.15, 0.2) is 0 Å². The molecule has 0 fully saturated rings. The van der Waals surface area contributed by atoms with Crippen LogP contribution in [0.5, 0.6) is 0 Å². The molecule has 1 N–H and O–H groups in total. The van der Waals surface area contributed by atoms with Crippen LogP contribution in [-0.4, -0.2) is 18.8 Å². The van der Waals surface area contributed by atoms with E-state index in [2.05, 4.69) is 31.8 Å². The minimum Gasteiger partial charge on any atom is -0.317 e. The van der Waals surface area contributed by atoms with Crippen LogP contribution in [0, 0.1) is 5.92 Å². The summed E-state index contributed by atoms with van der Waals surface area (Å²) in [6.07, 6.45) is 3.79. The third-order valence-electron chi connectivity index (χ3n) is 1.98. The van der Waals surface area contributed by atoms with Crippen molar-refractivity contribution >= 4 is 12.6 Å². The van der Waals surface area contributed by atoms with Gasteiger partial charge in [0.1, 0.15) is 0 Å². The van der Waals surface area contributed by atoms with Crippen LogP contribution in [0.4, 0.5) is 0 Å². The largest absolute Gasteiger partial charge is 0.317 e. The van der Waals surface area contributed by atoms with Gasteiger partial charge in [0.25, 0.3) is 0 Å². The van der Waals surface area contributed by atoms with Gasteiger partial charge in [-0.05, 0) is 38.0 Å². The molecule has 1 atom stereocenters. The second-order valence-corrected chi connectivity index (χ2v) is 3.92. The standard InChI is InChI=1S/C9H21NS/c1-8(2)4-5-9(10-3)6-7-11/h8-11H,4-7H2,1-3H3. The highest BCUT2D eigenvalue weighted by Gasteiger charge is 2.04. The lowest BCUT2D eigenvalue weighted by molar-refractivity contribution is 0.446. The molecule has 0 bridgehead atoms. The fourth-order valence-corrected chi connectivity index (χ4v) is 1.44. The third kappa shape index (κ3) is 6.70. The van der Waals surface area contributed by atoms with E-state index in [4.69, 9.17) is 0 Å². The second-order valence-electron chi connectivity index (χ2n) is 3.47. The topological polar surface area (TPSA) is 12.0 Å². The first-order valence-corrected chi connectivity index (χ1v) is 5.12. The minimum atomic E-state index is 0.676. The fourth-order valence-electron chi connectivity index (χ4n) is 1.12. The maximum atomic E-state index is 4.22. The summed E-state index contributed by atoms with van der Waals surface area (Å²) < 4.78 is 0. The number of thiol groups is 1. The van der Waals surface area contributed by atoms with E-state index in [0.29, 0.717) is 6.04 Å². The van der Waals surface area contributed by atoms with Gasteiger partial charge in [-0.15, -0.1) is 0 Å². The molecule has 0 aromatic carbocycles. The van der Waals surface area contributed by atoms with E-state index >= 15 is 0 Å². The van der Waals surface area contributed by atoms with Crippen LogP contribution < -0.4 is 5.32 Å². The summed E-state index contributed by atoms with van der Waals surface area (Å²) in [5.41, 5.74) is 0. The molecule has 0 aliphatic rings. The number of hydrogen-bond donors (Lipinski definition) is 2. The highest BCUT2D eigenvalue weighted by atomic mass is 32.1. The Morgan fingerprint density at radius 3 is 2.18 bits per heavy atom. The molecule has 0 aliphatic heterocycles. The summed E-state index contributed by atoms with van der Waals surface area (Å²) in [5, 5.41) is 3.31. The first-order valence-electron chi connectivity index (χ1n) is 4.48. The zero-order valence-electron chi connectivity index (χ0n) is 7.93. The van der Waals surface area contributed by atoms with E-state index in [0.717, 1.165) is 11.7 Å². The molecule has 11 heavy (non-hydrogen) atoms. The van der Waals surface area contributed by atoms with E-state index in [9.17, 15) is 0 Å². The van der Waals surface area contributed by atoms with Crippen molar-refractivity contribution in [2.45, 2.75) is 39.2 Å². The molecular weight excluding hydrogens is 154 g/mol. The molecule has 0 spiro atoms. The quantitative estimate of drug-likeness (QED) is 0.590. The minimum absolute atomic E-state index is 0.676. The lowest BCUT2D eigenvalue weighted by atomic mass is 10.0. The molecule has 0 saturated heterocycles. The van der Waals surface area contributed by atoms with Gasteiger partial charge in [-0.2, -0.15) is 12.6 Å². The van der Waals surface area contributed by atoms with Crippen LogP contribution in [0.1, 0.15) is 33.1 Å². The molecular formula is C9H21NS. The smallest absolute Gasteiger partial charge is 0.00719 e. The molecule has 0 aliphatic carbocycles. The predicted octanol–water partition coefficient (Wildman–Crippen LogP) is 2.33. The molecule has 0 amide bonds. The monoisotopic (exact) mass is 175 g/mol. The number of nitrogens with one attached hydrogen (secondary N) is 1. The molecule has 0 rings (SSSR count). The summed E-state index contributed by atoms with van der Waals surface area (Å²) in [7, 11) is 2.04. The zero-order chi connectivity index (χ0) is 8.69. The highest BCUT2D eigenvalue weighted by molar-refractivity contribution is 7.80. The molecule has 0 radical (unpaired) electrons. The molecule has 2 heteroatoms. The number of rotatable bonds is 6. The van der Waals surface area contributed by atoms with E-state index in [1.807, 2.05) is 7.05 Å². The third-order valence-corrected chi connectivity index (χ3v) is 2.24. The van der Waals surface area contributed by atoms with Crippen molar-refractivity contribution in [2.75, 3.05) is 12.8 Å². The van der Waals surface area contributed by atoms with E-state index in [-0.39, 0.29) is 0 Å². The van der Waals surface area contributed by atoms with E-state index in [1.165, 1.54) is 19.3 Å². The maximum Gasteiger partial charge on any atom is 0.00719 e. The van der Waals surface area contributed by atoms with Crippen molar-refractivity contribution in [1.29, 1.82) is 0 Å². The molecule has 0 saturated carbocycles. The first-order chi connectivity index (χ1) is 5.20. The second kappa shape index (κ2) is 6.99. The Labute approximate surface area is 76.4 Å². The highest BCUT2D eigenvalue weighted by Crippen LogP contribution is 2.09. The Morgan fingerprint density at radius 2 is 1.82 bits per heavy atom. The average molecular weight is 175 g/mol. The summed E-state index contributed by atoms with van der Waals surface area (Å²) >= 11 is 4.22. The van der Waals surface area contributed by atoms with Gasteiger partial charge in [0.2, 0.25) is 0 Å². The summed E-state index contributed by atoms with van der Waals surface area (Å²) in [6, 6.07) is 0.676. The molecule has 0 heterocycles. The summed E-state index contributed by atoms with van der Waals surface area (Å²) in [4.78, 5) is 0. The van der Waals surface area contributed by atoms with Crippen molar-refractivity contribution in [3.8, 4) is 0 Å². The summed E-state index contributed by atoms with van der Waals surface area (Å²) in [5.74, 6) is 1.81. The Kier molecular flexibility index (Phi) is 7.18. The van der Waals surface area contributed by atoms with Crippen LogP contribution in [0.3, 0.4) is 0 Å². The van der Waals surface area contributed by atoms with Crippen molar-refractivity contribution in [1.82, 2.24) is 5.32 Å². The molecule has 0 aromatic rings. The molecule has 1 unspecified atom stereocenters. The van der Waals surface area contributed by atoms with Crippen LogP contribution in [0.2, 0.25) is 0 Å². The Bertz CT molecular complexity index is 83.6. The Morgan fingerprint density at radius 1 is 1.18 bits per heavy atom. The Balaban J connectivity index is 3.35. The van der Waals surface area contributed by atoms with Crippen LogP contribution in [0.15, 0.2) is 0 Å². The van der Waals surface area contributed by atoms with Crippen LogP contribution >= 0.6 is 12.6 Å². The Hall–Kier alpha value is 0.310. The van der Waals surface area contributed by atoms with Gasteiger partial charge < -0.3 is 5.32 Å². The average Bonchev–Trinajstić information content (AvgIpc) is 1.97. The van der Waals surface area contributed by atoms with Crippen molar-refractivity contribution in [2.24, 2.45) is 5.92 Å². The lowest BCUT2D eigenvalue weighted by Gasteiger charge is -2.15. The first kappa shape index (κ1) is 11.3.